The second kappa shape index (κ2) is 11.4. The van der Waals surface area contributed by atoms with Crippen LogP contribution in [0.5, 0.6) is 11.5 Å². The topological polar surface area (TPSA) is 110 Å². The van der Waals surface area contributed by atoms with Gasteiger partial charge in [0.1, 0.15) is 24.1 Å². The van der Waals surface area contributed by atoms with E-state index in [9.17, 15) is 14.4 Å². The van der Waals surface area contributed by atoms with Crippen molar-refractivity contribution in [3.05, 3.63) is 65.0 Å². The molecule has 180 valence electrons. The molecular formula is C24H22FN5O4S. The van der Waals surface area contributed by atoms with Crippen molar-refractivity contribution in [2.45, 2.75) is 6.61 Å². The van der Waals surface area contributed by atoms with Gasteiger partial charge in [-0.05, 0) is 29.8 Å². The summed E-state index contributed by atoms with van der Waals surface area (Å²) in [5, 5.41) is 21.2. The first-order valence-corrected chi connectivity index (χ1v) is 11.5. The van der Waals surface area contributed by atoms with E-state index < -0.39 is 5.91 Å². The molecule has 1 aliphatic heterocycles. The number of morpholine rings is 1. The number of halogens is 1. The Morgan fingerprint density at radius 1 is 1.26 bits per heavy atom. The Bertz CT molecular complexity index is 1270. The van der Waals surface area contributed by atoms with Crippen LogP contribution in [0.3, 0.4) is 0 Å². The van der Waals surface area contributed by atoms with Gasteiger partial charge in [-0.2, -0.15) is 5.26 Å². The molecule has 0 aliphatic carbocycles. The highest BCUT2D eigenvalue weighted by Gasteiger charge is 2.18. The van der Waals surface area contributed by atoms with E-state index in [0.29, 0.717) is 59.2 Å². The minimum absolute atomic E-state index is 0.0262. The molecule has 3 aromatic rings. The fourth-order valence-electron chi connectivity index (χ4n) is 3.29. The Hall–Kier alpha value is -4.01. The average Bonchev–Trinajstić information content (AvgIpc) is 3.36. The fraction of sp³-hybridized carbons (Fsp3) is 0.250. The van der Waals surface area contributed by atoms with Crippen molar-refractivity contribution < 1.29 is 23.4 Å². The number of amides is 1. The second-order valence-corrected chi connectivity index (χ2v) is 8.36. The summed E-state index contributed by atoms with van der Waals surface area (Å²) < 4.78 is 30.3. The first-order valence-electron chi connectivity index (χ1n) is 10.7. The number of rotatable bonds is 8. The van der Waals surface area contributed by atoms with Crippen LogP contribution in [0, 0.1) is 17.1 Å². The lowest BCUT2D eigenvalue weighted by Gasteiger charge is -2.25. The Kier molecular flexibility index (Phi) is 7.87. The number of methoxy groups -OCH3 is 1. The third kappa shape index (κ3) is 6.11. The van der Waals surface area contributed by atoms with E-state index in [1.165, 1.54) is 30.6 Å². The van der Waals surface area contributed by atoms with Crippen LogP contribution in [0.15, 0.2) is 48.0 Å². The zero-order valence-electron chi connectivity index (χ0n) is 18.9. The maximum atomic E-state index is 13.8. The predicted octanol–water partition coefficient (Wildman–Crippen LogP) is 3.65. The zero-order valence-corrected chi connectivity index (χ0v) is 19.7. The van der Waals surface area contributed by atoms with Crippen LogP contribution in [0.25, 0.3) is 6.08 Å². The number of benzene rings is 2. The zero-order chi connectivity index (χ0) is 24.6. The number of ether oxygens (including phenoxy) is 3. The summed E-state index contributed by atoms with van der Waals surface area (Å²) in [6.45, 7) is 2.65. The minimum atomic E-state index is -0.601. The fourth-order valence-corrected chi connectivity index (χ4v) is 4.08. The van der Waals surface area contributed by atoms with Gasteiger partial charge in [-0.1, -0.05) is 35.6 Å². The Morgan fingerprint density at radius 3 is 2.80 bits per heavy atom. The van der Waals surface area contributed by atoms with Crippen molar-refractivity contribution in [2.75, 3.05) is 43.6 Å². The molecule has 0 radical (unpaired) electrons. The number of anilines is 2. The number of hydrogen-bond acceptors (Lipinski definition) is 9. The van der Waals surface area contributed by atoms with Crippen LogP contribution in [0.2, 0.25) is 0 Å². The molecule has 1 amide bonds. The summed E-state index contributed by atoms with van der Waals surface area (Å²) in [4.78, 5) is 14.7. The Labute approximate surface area is 205 Å². The van der Waals surface area contributed by atoms with E-state index in [2.05, 4.69) is 15.5 Å². The van der Waals surface area contributed by atoms with E-state index >= 15 is 0 Å². The molecular weight excluding hydrogens is 473 g/mol. The summed E-state index contributed by atoms with van der Waals surface area (Å²) in [5.41, 5.74) is 0.851. The van der Waals surface area contributed by atoms with Gasteiger partial charge in [0.05, 0.1) is 20.3 Å². The van der Waals surface area contributed by atoms with Crippen LogP contribution in [-0.2, 0) is 16.1 Å². The lowest BCUT2D eigenvalue weighted by molar-refractivity contribution is -0.112. The lowest BCUT2D eigenvalue weighted by Crippen LogP contribution is -2.36. The molecule has 9 nitrogen and oxygen atoms in total. The number of nitrogens with zero attached hydrogens (tertiary/aromatic N) is 4. The lowest BCUT2D eigenvalue weighted by atomic mass is 10.1. The number of aromatic nitrogens is 2. The van der Waals surface area contributed by atoms with E-state index in [1.807, 2.05) is 11.0 Å². The molecule has 0 spiro atoms. The molecule has 0 unspecified atom stereocenters. The van der Waals surface area contributed by atoms with Gasteiger partial charge in [0.2, 0.25) is 10.3 Å². The minimum Gasteiger partial charge on any atom is -0.493 e. The second-order valence-electron chi connectivity index (χ2n) is 7.40. The number of carbonyl (C=O) groups is 1. The summed E-state index contributed by atoms with van der Waals surface area (Å²) >= 11 is 1.23. The molecule has 0 atom stereocenters. The number of hydrogen-bond donors (Lipinski definition) is 1. The smallest absolute Gasteiger partial charge is 0.268 e. The highest BCUT2D eigenvalue weighted by atomic mass is 32.1. The normalized spacial score (nSPS) is 13.7. The molecule has 0 saturated carbocycles. The first kappa shape index (κ1) is 24.1. The molecule has 1 aliphatic rings. The monoisotopic (exact) mass is 495 g/mol. The van der Waals surface area contributed by atoms with Crippen LogP contribution in [-0.4, -0.2) is 49.5 Å². The van der Waals surface area contributed by atoms with Gasteiger partial charge in [-0.3, -0.25) is 10.1 Å². The van der Waals surface area contributed by atoms with Gasteiger partial charge < -0.3 is 19.1 Å². The van der Waals surface area contributed by atoms with Crippen molar-refractivity contribution in [3.63, 3.8) is 0 Å². The van der Waals surface area contributed by atoms with Crippen LogP contribution < -0.4 is 19.7 Å². The van der Waals surface area contributed by atoms with Gasteiger partial charge in [0.15, 0.2) is 11.5 Å². The van der Waals surface area contributed by atoms with Crippen molar-refractivity contribution in [1.29, 1.82) is 5.26 Å². The molecule has 4 rings (SSSR count). The molecule has 35 heavy (non-hydrogen) atoms. The third-order valence-electron chi connectivity index (χ3n) is 5.12. The molecule has 2 aromatic carbocycles. The third-order valence-corrected chi connectivity index (χ3v) is 6.02. The maximum Gasteiger partial charge on any atom is 0.268 e. The molecule has 1 N–H and O–H groups in total. The van der Waals surface area contributed by atoms with Crippen LogP contribution in [0.1, 0.15) is 11.1 Å². The number of nitriles is 1. The molecule has 1 aromatic heterocycles. The number of nitrogens with one attached hydrogen (secondary N) is 1. The summed E-state index contributed by atoms with van der Waals surface area (Å²) in [6.07, 6.45) is 1.43. The summed E-state index contributed by atoms with van der Waals surface area (Å²) in [5.74, 6) is -0.174. The van der Waals surface area contributed by atoms with E-state index in [4.69, 9.17) is 14.2 Å². The van der Waals surface area contributed by atoms with Crippen molar-refractivity contribution in [2.24, 2.45) is 0 Å². The maximum absolute atomic E-state index is 13.8. The van der Waals surface area contributed by atoms with E-state index in [0.717, 1.165) is 0 Å². The Balaban J connectivity index is 1.44. The van der Waals surface area contributed by atoms with Gasteiger partial charge in [0.25, 0.3) is 5.91 Å². The molecule has 2 heterocycles. The van der Waals surface area contributed by atoms with Gasteiger partial charge in [-0.25, -0.2) is 4.39 Å². The first-order chi connectivity index (χ1) is 17.1. The van der Waals surface area contributed by atoms with Gasteiger partial charge in [0, 0.05) is 18.7 Å². The van der Waals surface area contributed by atoms with Gasteiger partial charge in [-0.15, -0.1) is 10.2 Å². The summed E-state index contributed by atoms with van der Waals surface area (Å²) in [6, 6.07) is 13.2. The standard InChI is InChI=1S/C24H22FN5O4S/c1-32-21-13-16(6-7-20(21)34-15-17-4-2-3-5-19(17)25)12-18(14-26)22(31)27-23-28-29-24(35-23)30-8-10-33-11-9-30/h2-7,12-13H,8-11,15H2,1H3,(H,27,28,31)/b18-12-. The molecule has 0 bridgehead atoms. The van der Waals surface area contributed by atoms with Crippen molar-refractivity contribution in [3.8, 4) is 17.6 Å². The predicted molar refractivity (Wildman–Crippen MR) is 129 cm³/mol. The molecule has 11 heteroatoms. The SMILES string of the molecule is COc1cc(/C=C(/C#N)C(=O)Nc2nnc(N3CCOCC3)s2)ccc1OCc1ccccc1F. The van der Waals surface area contributed by atoms with Crippen LogP contribution in [0.4, 0.5) is 14.7 Å². The van der Waals surface area contributed by atoms with E-state index in [1.54, 1.807) is 36.4 Å². The van der Waals surface area contributed by atoms with Crippen molar-refractivity contribution >= 4 is 33.6 Å². The average molecular weight is 496 g/mol. The summed E-state index contributed by atoms with van der Waals surface area (Å²) in [7, 11) is 1.47. The van der Waals surface area contributed by atoms with Crippen molar-refractivity contribution in [1.82, 2.24) is 10.2 Å². The molecule has 1 fully saturated rings. The van der Waals surface area contributed by atoms with E-state index in [-0.39, 0.29) is 18.0 Å². The molecule has 1 saturated heterocycles. The quantitative estimate of drug-likeness (QED) is 0.373. The Morgan fingerprint density at radius 2 is 2.06 bits per heavy atom. The van der Waals surface area contributed by atoms with Crippen LogP contribution >= 0.6 is 11.3 Å². The largest absolute Gasteiger partial charge is 0.493 e. The number of carbonyl (C=O) groups excluding carboxylic acids is 1. The highest BCUT2D eigenvalue weighted by molar-refractivity contribution is 7.19. The van der Waals surface area contributed by atoms with Gasteiger partial charge >= 0.3 is 0 Å². The highest BCUT2D eigenvalue weighted by Crippen LogP contribution is 2.30.